The second-order valence-corrected chi connectivity index (χ2v) is 6.47. The zero-order valence-electron chi connectivity index (χ0n) is 12.6. The van der Waals surface area contributed by atoms with Crippen LogP contribution < -0.4 is 10.6 Å². The van der Waals surface area contributed by atoms with Crippen LogP contribution in [-0.4, -0.2) is 23.6 Å². The van der Waals surface area contributed by atoms with Crippen LogP contribution in [0.5, 0.6) is 0 Å². The monoisotopic (exact) mass is 287 g/mol. The summed E-state index contributed by atoms with van der Waals surface area (Å²) in [6.45, 7) is 0.675. The molecule has 21 heavy (non-hydrogen) atoms. The van der Waals surface area contributed by atoms with Crippen molar-refractivity contribution in [2.24, 2.45) is 11.8 Å². The van der Waals surface area contributed by atoms with Crippen LogP contribution in [0.3, 0.4) is 0 Å². The molecule has 2 atom stereocenters. The molecule has 0 saturated heterocycles. The predicted molar refractivity (Wildman–Crippen MR) is 82.9 cm³/mol. The van der Waals surface area contributed by atoms with Crippen LogP contribution in [0.1, 0.15) is 44.1 Å². The maximum atomic E-state index is 12.0. The molecule has 2 aliphatic carbocycles. The maximum absolute atomic E-state index is 12.0. The number of hydrogen-bond donors (Lipinski definition) is 2. The van der Waals surface area contributed by atoms with Crippen molar-refractivity contribution in [2.45, 2.75) is 51.0 Å². The Morgan fingerprint density at radius 3 is 2.71 bits per heavy atom. The number of urea groups is 1. The number of hydrogen-bond acceptors (Lipinski definition) is 2. The lowest BCUT2D eigenvalue weighted by atomic mass is 9.83. The Morgan fingerprint density at radius 1 is 1.14 bits per heavy atom. The molecule has 2 amide bonds. The van der Waals surface area contributed by atoms with E-state index in [1.807, 2.05) is 12.1 Å². The van der Waals surface area contributed by atoms with E-state index >= 15 is 0 Å². The first-order valence-corrected chi connectivity index (χ1v) is 8.24. The summed E-state index contributed by atoms with van der Waals surface area (Å²) in [5, 5.41) is 6.12. The number of nitrogens with one attached hydrogen (secondary N) is 2. The number of rotatable bonds is 5. The summed E-state index contributed by atoms with van der Waals surface area (Å²) in [4.78, 5) is 16.0. The van der Waals surface area contributed by atoms with E-state index in [2.05, 4.69) is 15.6 Å². The van der Waals surface area contributed by atoms with Crippen molar-refractivity contribution in [1.29, 1.82) is 0 Å². The van der Waals surface area contributed by atoms with Gasteiger partial charge < -0.3 is 10.6 Å². The molecule has 0 spiro atoms. The van der Waals surface area contributed by atoms with E-state index in [1.54, 1.807) is 12.4 Å². The Kier molecular flexibility index (Phi) is 4.73. The summed E-state index contributed by atoms with van der Waals surface area (Å²) < 4.78 is 0. The third-order valence-electron chi connectivity index (χ3n) is 4.79. The van der Waals surface area contributed by atoms with Crippen LogP contribution in [0.25, 0.3) is 0 Å². The minimum atomic E-state index is -0.00879. The van der Waals surface area contributed by atoms with Gasteiger partial charge in [0.15, 0.2) is 0 Å². The fourth-order valence-corrected chi connectivity index (χ4v) is 3.46. The van der Waals surface area contributed by atoms with Crippen LogP contribution in [0.4, 0.5) is 4.79 Å². The minimum Gasteiger partial charge on any atom is -0.338 e. The van der Waals surface area contributed by atoms with Gasteiger partial charge in [-0.2, -0.15) is 0 Å². The van der Waals surface area contributed by atoms with Crippen LogP contribution in [0, 0.1) is 11.8 Å². The van der Waals surface area contributed by atoms with Crippen LogP contribution >= 0.6 is 0 Å². The van der Waals surface area contributed by atoms with Gasteiger partial charge in [-0.3, -0.25) is 4.98 Å². The highest BCUT2D eigenvalue weighted by atomic mass is 16.2. The lowest BCUT2D eigenvalue weighted by Crippen LogP contribution is -2.44. The average Bonchev–Trinajstić information content (AvgIpc) is 3.33. The topological polar surface area (TPSA) is 54.0 Å². The predicted octanol–water partition coefficient (Wildman–Crippen LogP) is 2.89. The zero-order valence-corrected chi connectivity index (χ0v) is 12.6. The highest BCUT2D eigenvalue weighted by Crippen LogP contribution is 2.43. The number of carbonyl (C=O) groups excluding carboxylic acids is 1. The number of amides is 2. The minimum absolute atomic E-state index is 0.00879. The molecule has 2 saturated carbocycles. The van der Waals surface area contributed by atoms with E-state index < -0.39 is 0 Å². The lowest BCUT2D eigenvalue weighted by Gasteiger charge is -2.29. The van der Waals surface area contributed by atoms with Crippen molar-refractivity contribution in [3.8, 4) is 0 Å². The molecule has 2 fully saturated rings. The van der Waals surface area contributed by atoms with Gasteiger partial charge in [-0.1, -0.05) is 12.8 Å². The molecule has 0 aliphatic heterocycles. The Morgan fingerprint density at radius 2 is 1.95 bits per heavy atom. The van der Waals surface area contributed by atoms with Crippen molar-refractivity contribution in [3.63, 3.8) is 0 Å². The summed E-state index contributed by atoms with van der Waals surface area (Å²) in [6.07, 6.45) is 12.2. The molecule has 0 unspecified atom stereocenters. The first-order valence-electron chi connectivity index (χ1n) is 8.24. The van der Waals surface area contributed by atoms with Gasteiger partial charge in [0.2, 0.25) is 0 Å². The summed E-state index contributed by atoms with van der Waals surface area (Å²) in [7, 11) is 0. The summed E-state index contributed by atoms with van der Waals surface area (Å²) in [5.74, 6) is 1.82. The molecule has 4 nitrogen and oxygen atoms in total. The molecule has 0 aromatic carbocycles. The van der Waals surface area contributed by atoms with Crippen molar-refractivity contribution in [3.05, 3.63) is 30.1 Å². The Balaban J connectivity index is 1.35. The molecular weight excluding hydrogens is 262 g/mol. The van der Waals surface area contributed by atoms with E-state index in [-0.39, 0.29) is 6.03 Å². The number of pyridine rings is 1. The van der Waals surface area contributed by atoms with Crippen LogP contribution in [-0.2, 0) is 6.42 Å². The molecule has 2 aliphatic rings. The zero-order chi connectivity index (χ0) is 14.5. The second-order valence-electron chi connectivity index (χ2n) is 6.47. The molecule has 4 heteroatoms. The second kappa shape index (κ2) is 6.92. The van der Waals surface area contributed by atoms with E-state index in [4.69, 9.17) is 0 Å². The molecule has 1 aromatic heterocycles. The summed E-state index contributed by atoms with van der Waals surface area (Å²) >= 11 is 0. The van der Waals surface area contributed by atoms with Crippen molar-refractivity contribution >= 4 is 6.03 Å². The standard InChI is InChI=1S/C17H25N3O/c21-17(19-11-8-13-6-9-18-10-7-13)20-16-3-1-2-15(12-16)14-4-5-14/h6-7,9-10,14-16H,1-5,8,11-12H2,(H2,19,20,21)/t15-,16-/m0/s1. The van der Waals surface area contributed by atoms with Gasteiger partial charge in [-0.05, 0) is 61.6 Å². The van der Waals surface area contributed by atoms with Crippen LogP contribution in [0.15, 0.2) is 24.5 Å². The molecule has 2 N–H and O–H groups in total. The van der Waals surface area contributed by atoms with Crippen molar-refractivity contribution < 1.29 is 4.79 Å². The number of aromatic nitrogens is 1. The maximum Gasteiger partial charge on any atom is 0.315 e. The Labute approximate surface area is 126 Å². The first-order chi connectivity index (χ1) is 10.3. The van der Waals surface area contributed by atoms with Gasteiger partial charge in [-0.25, -0.2) is 4.79 Å². The smallest absolute Gasteiger partial charge is 0.315 e. The van der Waals surface area contributed by atoms with Gasteiger partial charge in [0, 0.05) is 25.0 Å². The average molecular weight is 287 g/mol. The fourth-order valence-electron chi connectivity index (χ4n) is 3.46. The number of nitrogens with zero attached hydrogens (tertiary/aromatic N) is 1. The van der Waals surface area contributed by atoms with E-state index in [0.717, 1.165) is 24.7 Å². The molecule has 114 valence electrons. The summed E-state index contributed by atoms with van der Waals surface area (Å²) in [5.41, 5.74) is 1.21. The molecular formula is C17H25N3O. The van der Waals surface area contributed by atoms with Gasteiger partial charge in [-0.15, -0.1) is 0 Å². The molecule has 1 heterocycles. The highest BCUT2D eigenvalue weighted by Gasteiger charge is 2.34. The third-order valence-corrected chi connectivity index (χ3v) is 4.79. The molecule has 0 bridgehead atoms. The van der Waals surface area contributed by atoms with Crippen molar-refractivity contribution in [1.82, 2.24) is 15.6 Å². The lowest BCUT2D eigenvalue weighted by molar-refractivity contribution is 0.221. The molecule has 1 aromatic rings. The molecule has 3 rings (SSSR count). The SMILES string of the molecule is O=C(NCCc1ccncc1)N[C@H]1CCC[C@H](C2CC2)C1. The van der Waals surface area contributed by atoms with Crippen LogP contribution in [0.2, 0.25) is 0 Å². The largest absolute Gasteiger partial charge is 0.338 e. The van der Waals surface area contributed by atoms with E-state index in [0.29, 0.717) is 12.6 Å². The normalized spacial score (nSPS) is 25.3. The fraction of sp³-hybridized carbons (Fsp3) is 0.647. The first kappa shape index (κ1) is 14.4. The van der Waals surface area contributed by atoms with Crippen molar-refractivity contribution in [2.75, 3.05) is 6.54 Å². The molecule has 0 radical (unpaired) electrons. The van der Waals surface area contributed by atoms with Gasteiger partial charge in [0.1, 0.15) is 0 Å². The van der Waals surface area contributed by atoms with Gasteiger partial charge in [0.05, 0.1) is 0 Å². The van der Waals surface area contributed by atoms with Gasteiger partial charge in [0.25, 0.3) is 0 Å². The Hall–Kier alpha value is -1.58. The van der Waals surface area contributed by atoms with E-state index in [1.165, 1.54) is 37.7 Å². The number of carbonyl (C=O) groups is 1. The highest BCUT2D eigenvalue weighted by molar-refractivity contribution is 5.74. The van der Waals surface area contributed by atoms with Gasteiger partial charge >= 0.3 is 6.03 Å². The summed E-state index contributed by atoms with van der Waals surface area (Å²) in [6, 6.07) is 4.35. The third kappa shape index (κ3) is 4.45. The quantitative estimate of drug-likeness (QED) is 0.875. The van der Waals surface area contributed by atoms with E-state index in [9.17, 15) is 4.79 Å². The Bertz CT molecular complexity index is 458.